The third-order valence-electron chi connectivity index (χ3n) is 6.14. The van der Waals surface area contributed by atoms with Crippen molar-refractivity contribution < 1.29 is 15.3 Å². The molecule has 0 aliphatic carbocycles. The zero-order chi connectivity index (χ0) is 23.6. The molecule has 174 valence electrons. The molecule has 0 saturated heterocycles. The van der Waals surface area contributed by atoms with Crippen LogP contribution in [0.2, 0.25) is 0 Å². The predicted molar refractivity (Wildman–Crippen MR) is 133 cm³/mol. The molecular formula is C28H44O3. The summed E-state index contributed by atoms with van der Waals surface area (Å²) in [6, 6.07) is 1.58. The van der Waals surface area contributed by atoms with Crippen molar-refractivity contribution in [1.29, 1.82) is 0 Å². The van der Waals surface area contributed by atoms with Gasteiger partial charge in [-0.2, -0.15) is 0 Å². The van der Waals surface area contributed by atoms with Crippen molar-refractivity contribution in [3.63, 3.8) is 0 Å². The topological polar surface area (TPSA) is 60.7 Å². The highest BCUT2D eigenvalue weighted by molar-refractivity contribution is 5.52. The minimum atomic E-state index is -0.809. The lowest BCUT2D eigenvalue weighted by atomic mass is 9.89. The van der Waals surface area contributed by atoms with Crippen molar-refractivity contribution in [3.05, 3.63) is 57.7 Å². The normalized spacial score (nSPS) is 14.5. The van der Waals surface area contributed by atoms with Gasteiger partial charge in [0.15, 0.2) is 11.5 Å². The van der Waals surface area contributed by atoms with Crippen LogP contribution in [0.4, 0.5) is 0 Å². The number of rotatable bonds is 12. The highest BCUT2D eigenvalue weighted by Gasteiger charge is 2.22. The maximum Gasteiger partial charge on any atom is 0.160 e. The van der Waals surface area contributed by atoms with Crippen LogP contribution < -0.4 is 0 Å². The van der Waals surface area contributed by atoms with Gasteiger partial charge in [0, 0.05) is 5.56 Å². The average Bonchev–Trinajstić information content (AvgIpc) is 2.66. The lowest BCUT2D eigenvalue weighted by Crippen LogP contribution is -2.24. The summed E-state index contributed by atoms with van der Waals surface area (Å²) in [5.74, 6) is -0.142. The van der Waals surface area contributed by atoms with E-state index >= 15 is 0 Å². The highest BCUT2D eigenvalue weighted by Crippen LogP contribution is 2.35. The Kier molecular flexibility index (Phi) is 11.1. The van der Waals surface area contributed by atoms with E-state index in [-0.39, 0.29) is 11.5 Å². The maximum atomic E-state index is 10.8. The summed E-state index contributed by atoms with van der Waals surface area (Å²) in [7, 11) is 0. The molecule has 1 atom stereocenters. The third-order valence-corrected chi connectivity index (χ3v) is 6.14. The standard InChI is InChI=1S/C28H44O3/c1-20(2)11-8-12-21(3)13-9-14-22(4)15-10-17-28(7,31)18-16-25-24(6)23(5)19-26(29)27(25)30/h11,13,15,19,29-31H,8-10,12,14,16-18H2,1-7H3/b21-13+,22-15+. The Morgan fingerprint density at radius 3 is 2.00 bits per heavy atom. The van der Waals surface area contributed by atoms with Gasteiger partial charge in [0.25, 0.3) is 0 Å². The van der Waals surface area contributed by atoms with Gasteiger partial charge in [-0.1, -0.05) is 34.9 Å². The average molecular weight is 429 g/mol. The maximum absolute atomic E-state index is 10.8. The van der Waals surface area contributed by atoms with E-state index in [0.717, 1.165) is 48.8 Å². The molecule has 0 bridgehead atoms. The molecule has 3 heteroatoms. The summed E-state index contributed by atoms with van der Waals surface area (Å²) >= 11 is 0. The van der Waals surface area contributed by atoms with Crippen LogP contribution in [0.25, 0.3) is 0 Å². The fraction of sp³-hybridized carbons (Fsp3) is 0.571. The second kappa shape index (κ2) is 12.8. The van der Waals surface area contributed by atoms with Gasteiger partial charge in [-0.05, 0) is 117 Å². The van der Waals surface area contributed by atoms with E-state index in [4.69, 9.17) is 0 Å². The minimum Gasteiger partial charge on any atom is -0.504 e. The zero-order valence-corrected chi connectivity index (χ0v) is 20.8. The number of aryl methyl sites for hydroxylation is 1. The van der Waals surface area contributed by atoms with Crippen molar-refractivity contribution in [3.8, 4) is 11.5 Å². The number of aromatic hydroxyl groups is 2. The smallest absolute Gasteiger partial charge is 0.160 e. The van der Waals surface area contributed by atoms with Crippen LogP contribution in [0.15, 0.2) is 41.0 Å². The SMILES string of the molecule is CC(C)=CCC/C(C)=C/CC/C(C)=C/CCC(C)(O)CCc1c(C)c(C)cc(O)c1O. The van der Waals surface area contributed by atoms with Crippen molar-refractivity contribution in [1.82, 2.24) is 0 Å². The van der Waals surface area contributed by atoms with Crippen molar-refractivity contribution in [2.75, 3.05) is 0 Å². The van der Waals surface area contributed by atoms with E-state index in [2.05, 4.69) is 45.9 Å². The summed E-state index contributed by atoms with van der Waals surface area (Å²) < 4.78 is 0. The third kappa shape index (κ3) is 10.2. The van der Waals surface area contributed by atoms with Gasteiger partial charge in [-0.25, -0.2) is 0 Å². The van der Waals surface area contributed by atoms with Gasteiger partial charge in [0.2, 0.25) is 0 Å². The predicted octanol–water partition coefficient (Wildman–Crippen LogP) is 7.60. The summed E-state index contributed by atoms with van der Waals surface area (Å²) in [6.45, 7) is 14.4. The van der Waals surface area contributed by atoms with Crippen LogP contribution in [-0.2, 0) is 6.42 Å². The summed E-state index contributed by atoms with van der Waals surface area (Å²) in [5, 5.41) is 30.9. The first-order chi connectivity index (χ1) is 14.4. The van der Waals surface area contributed by atoms with E-state index in [1.54, 1.807) is 6.07 Å². The zero-order valence-electron chi connectivity index (χ0n) is 20.8. The molecule has 0 radical (unpaired) electrons. The van der Waals surface area contributed by atoms with Crippen LogP contribution in [0.3, 0.4) is 0 Å². The Bertz CT molecular complexity index is 780. The van der Waals surface area contributed by atoms with E-state index in [1.165, 1.54) is 16.7 Å². The second-order valence-electron chi connectivity index (χ2n) is 9.66. The number of hydrogen-bond donors (Lipinski definition) is 3. The van der Waals surface area contributed by atoms with Gasteiger partial charge in [0.1, 0.15) is 0 Å². The Balaban J connectivity index is 2.48. The molecule has 0 spiro atoms. The fourth-order valence-electron chi connectivity index (χ4n) is 3.75. The number of hydrogen-bond acceptors (Lipinski definition) is 3. The van der Waals surface area contributed by atoms with Crippen LogP contribution in [0, 0.1) is 13.8 Å². The molecule has 0 amide bonds. The first-order valence-electron chi connectivity index (χ1n) is 11.6. The van der Waals surface area contributed by atoms with Gasteiger partial charge in [-0.15, -0.1) is 0 Å². The lowest BCUT2D eigenvalue weighted by molar-refractivity contribution is 0.0431. The lowest BCUT2D eigenvalue weighted by Gasteiger charge is -2.24. The molecule has 1 aromatic rings. The molecule has 0 aliphatic heterocycles. The molecule has 0 aromatic heterocycles. The van der Waals surface area contributed by atoms with E-state index in [1.807, 2.05) is 20.8 Å². The molecule has 0 saturated carbocycles. The van der Waals surface area contributed by atoms with Crippen LogP contribution >= 0.6 is 0 Å². The molecule has 1 rings (SSSR count). The van der Waals surface area contributed by atoms with Crippen LogP contribution in [-0.4, -0.2) is 20.9 Å². The minimum absolute atomic E-state index is 0.0566. The van der Waals surface area contributed by atoms with Gasteiger partial charge >= 0.3 is 0 Å². The number of phenolic OH excluding ortho intramolecular Hbond substituents is 2. The molecule has 31 heavy (non-hydrogen) atoms. The molecule has 1 unspecified atom stereocenters. The number of allylic oxidation sites excluding steroid dienone is 6. The summed E-state index contributed by atoms with van der Waals surface area (Å²) in [5.41, 5.74) is 6.05. The quantitative estimate of drug-likeness (QED) is 0.237. The van der Waals surface area contributed by atoms with Gasteiger partial charge in [0.05, 0.1) is 5.60 Å². The summed E-state index contributed by atoms with van der Waals surface area (Å²) in [4.78, 5) is 0. The molecule has 0 heterocycles. The largest absolute Gasteiger partial charge is 0.504 e. The monoisotopic (exact) mass is 428 g/mol. The molecule has 3 N–H and O–H groups in total. The second-order valence-corrected chi connectivity index (χ2v) is 9.66. The first-order valence-corrected chi connectivity index (χ1v) is 11.6. The molecule has 0 aliphatic rings. The van der Waals surface area contributed by atoms with Crippen LogP contribution in [0.5, 0.6) is 11.5 Å². The molecule has 0 fully saturated rings. The van der Waals surface area contributed by atoms with Crippen molar-refractivity contribution in [2.24, 2.45) is 0 Å². The van der Waals surface area contributed by atoms with Crippen molar-refractivity contribution in [2.45, 2.75) is 105 Å². The fourth-order valence-corrected chi connectivity index (χ4v) is 3.75. The Hall–Kier alpha value is -2.00. The van der Waals surface area contributed by atoms with Crippen molar-refractivity contribution >= 4 is 0 Å². The first kappa shape index (κ1) is 27.0. The molecular weight excluding hydrogens is 384 g/mol. The highest BCUT2D eigenvalue weighted by atomic mass is 16.3. The van der Waals surface area contributed by atoms with Gasteiger partial charge in [-0.3, -0.25) is 0 Å². The Morgan fingerprint density at radius 1 is 0.871 bits per heavy atom. The summed E-state index contributed by atoms with van der Waals surface area (Å²) in [6.07, 6.45) is 13.8. The van der Waals surface area contributed by atoms with Crippen LogP contribution in [0.1, 0.15) is 96.3 Å². The Morgan fingerprint density at radius 2 is 1.42 bits per heavy atom. The van der Waals surface area contributed by atoms with E-state index < -0.39 is 5.60 Å². The molecule has 3 nitrogen and oxygen atoms in total. The number of aliphatic hydroxyl groups is 1. The Labute approximate surface area is 190 Å². The number of phenols is 2. The van der Waals surface area contributed by atoms with E-state index in [9.17, 15) is 15.3 Å². The molecule has 1 aromatic carbocycles. The number of benzene rings is 1. The van der Waals surface area contributed by atoms with E-state index in [0.29, 0.717) is 19.3 Å². The van der Waals surface area contributed by atoms with Gasteiger partial charge < -0.3 is 15.3 Å².